The molecule has 0 atom stereocenters. The molecule has 6 heteroatoms. The van der Waals surface area contributed by atoms with Crippen molar-refractivity contribution in [3.63, 3.8) is 0 Å². The van der Waals surface area contributed by atoms with Gasteiger partial charge < -0.3 is 15.6 Å². The lowest BCUT2D eigenvalue weighted by Crippen LogP contribution is -2.12. The maximum Gasteiger partial charge on any atom is 0.226 e. The Morgan fingerprint density at radius 1 is 1.40 bits per heavy atom. The van der Waals surface area contributed by atoms with Crippen molar-refractivity contribution in [1.82, 2.24) is 10.1 Å². The fourth-order valence-corrected chi connectivity index (χ4v) is 1.83. The summed E-state index contributed by atoms with van der Waals surface area (Å²) in [6.07, 6.45) is 1.66. The van der Waals surface area contributed by atoms with Crippen LogP contribution in [-0.2, 0) is 11.2 Å². The molecule has 6 nitrogen and oxygen atoms in total. The minimum atomic E-state index is -0.0464. The molecule has 1 aromatic carbocycles. The minimum absolute atomic E-state index is 0.0464. The van der Waals surface area contributed by atoms with Gasteiger partial charge in [-0.2, -0.15) is 4.98 Å². The zero-order chi connectivity index (χ0) is 14.5. The summed E-state index contributed by atoms with van der Waals surface area (Å²) in [5.74, 6) is 1.13. The van der Waals surface area contributed by atoms with Crippen LogP contribution in [-0.4, -0.2) is 16.0 Å². The first kappa shape index (κ1) is 14.0. The molecule has 0 fully saturated rings. The average molecular weight is 274 g/mol. The van der Waals surface area contributed by atoms with Gasteiger partial charge in [-0.15, -0.1) is 0 Å². The molecule has 0 unspecified atom stereocenters. The number of aromatic nitrogens is 2. The van der Waals surface area contributed by atoms with Gasteiger partial charge in [0.15, 0.2) is 5.82 Å². The molecule has 0 saturated heterocycles. The third-order valence-electron chi connectivity index (χ3n) is 2.90. The highest BCUT2D eigenvalue weighted by Gasteiger charge is 2.07. The number of benzene rings is 1. The fraction of sp³-hybridized carbons (Fsp3) is 0.357. The summed E-state index contributed by atoms with van der Waals surface area (Å²) in [7, 11) is 0. The van der Waals surface area contributed by atoms with Gasteiger partial charge in [-0.25, -0.2) is 0 Å². The number of aryl methyl sites for hydroxylation is 3. The monoisotopic (exact) mass is 274 g/mol. The van der Waals surface area contributed by atoms with Crippen molar-refractivity contribution in [1.29, 1.82) is 0 Å². The molecule has 0 spiro atoms. The van der Waals surface area contributed by atoms with E-state index in [2.05, 4.69) is 15.5 Å². The SMILES string of the molecule is Cc1noc(CCCC(=O)Nc2cc(N)ccc2C)n1. The fourth-order valence-electron chi connectivity index (χ4n) is 1.83. The summed E-state index contributed by atoms with van der Waals surface area (Å²) in [4.78, 5) is 15.9. The van der Waals surface area contributed by atoms with Crippen molar-refractivity contribution < 1.29 is 9.32 Å². The van der Waals surface area contributed by atoms with E-state index in [1.165, 1.54) is 0 Å². The standard InChI is InChI=1S/C14H18N4O2/c1-9-6-7-11(15)8-12(9)17-13(19)4-3-5-14-16-10(2)18-20-14/h6-8H,3-5,15H2,1-2H3,(H,17,19). The Morgan fingerprint density at radius 3 is 2.90 bits per heavy atom. The van der Waals surface area contributed by atoms with Gasteiger partial charge in [0, 0.05) is 24.2 Å². The Kier molecular flexibility index (Phi) is 4.34. The highest BCUT2D eigenvalue weighted by molar-refractivity contribution is 5.91. The third kappa shape index (κ3) is 3.81. The molecule has 20 heavy (non-hydrogen) atoms. The Labute approximate surface area is 117 Å². The molecule has 3 N–H and O–H groups in total. The third-order valence-corrected chi connectivity index (χ3v) is 2.90. The molecule has 0 aliphatic heterocycles. The van der Waals surface area contributed by atoms with Crippen LogP contribution in [0.1, 0.15) is 30.1 Å². The van der Waals surface area contributed by atoms with Crippen molar-refractivity contribution in [2.75, 3.05) is 11.1 Å². The van der Waals surface area contributed by atoms with E-state index in [0.29, 0.717) is 36.7 Å². The molecule has 0 saturated carbocycles. The van der Waals surface area contributed by atoms with Crippen molar-refractivity contribution in [3.05, 3.63) is 35.5 Å². The largest absolute Gasteiger partial charge is 0.399 e. The number of nitrogens with one attached hydrogen (secondary N) is 1. The van der Waals surface area contributed by atoms with Gasteiger partial charge in [-0.3, -0.25) is 4.79 Å². The van der Waals surface area contributed by atoms with E-state index in [4.69, 9.17) is 10.3 Å². The van der Waals surface area contributed by atoms with Crippen LogP contribution in [0.25, 0.3) is 0 Å². The van der Waals surface area contributed by atoms with Crippen molar-refractivity contribution >= 4 is 17.3 Å². The molecule has 1 aromatic heterocycles. The molecule has 2 aromatic rings. The first-order valence-corrected chi connectivity index (χ1v) is 6.50. The van der Waals surface area contributed by atoms with Gasteiger partial charge in [0.25, 0.3) is 0 Å². The number of carbonyl (C=O) groups excluding carboxylic acids is 1. The molecular formula is C14H18N4O2. The second-order valence-corrected chi connectivity index (χ2v) is 4.71. The lowest BCUT2D eigenvalue weighted by Gasteiger charge is -2.08. The molecule has 2 rings (SSSR count). The number of carbonyl (C=O) groups is 1. The minimum Gasteiger partial charge on any atom is -0.399 e. The number of hydrogen-bond donors (Lipinski definition) is 2. The molecule has 0 bridgehead atoms. The van der Waals surface area contributed by atoms with Gasteiger partial charge >= 0.3 is 0 Å². The second-order valence-electron chi connectivity index (χ2n) is 4.71. The molecule has 0 aliphatic carbocycles. The first-order chi connectivity index (χ1) is 9.54. The van der Waals surface area contributed by atoms with Crippen molar-refractivity contribution in [3.8, 4) is 0 Å². The predicted molar refractivity (Wildman–Crippen MR) is 76.2 cm³/mol. The lowest BCUT2D eigenvalue weighted by atomic mass is 10.1. The zero-order valence-electron chi connectivity index (χ0n) is 11.6. The van der Waals surface area contributed by atoms with Crippen LogP contribution >= 0.6 is 0 Å². The van der Waals surface area contributed by atoms with E-state index in [1.807, 2.05) is 19.1 Å². The highest BCUT2D eigenvalue weighted by Crippen LogP contribution is 2.18. The number of anilines is 2. The Morgan fingerprint density at radius 2 is 2.20 bits per heavy atom. The van der Waals surface area contributed by atoms with E-state index in [1.54, 1.807) is 13.0 Å². The Hall–Kier alpha value is -2.37. The summed E-state index contributed by atoms with van der Waals surface area (Å²) in [5.41, 5.74) is 8.07. The molecule has 1 amide bonds. The number of nitrogen functional groups attached to an aromatic ring is 1. The summed E-state index contributed by atoms with van der Waals surface area (Å²) in [6.45, 7) is 3.69. The Balaban J connectivity index is 1.82. The number of rotatable bonds is 5. The van der Waals surface area contributed by atoms with E-state index in [0.717, 1.165) is 11.3 Å². The first-order valence-electron chi connectivity index (χ1n) is 6.50. The number of nitrogens with two attached hydrogens (primary N) is 1. The highest BCUT2D eigenvalue weighted by atomic mass is 16.5. The predicted octanol–water partition coefficient (Wildman–Crippen LogP) is 2.23. The summed E-state index contributed by atoms with van der Waals surface area (Å²) >= 11 is 0. The number of amides is 1. The van der Waals surface area contributed by atoms with E-state index < -0.39 is 0 Å². The van der Waals surface area contributed by atoms with Crippen molar-refractivity contribution in [2.45, 2.75) is 33.1 Å². The van der Waals surface area contributed by atoms with Crippen molar-refractivity contribution in [2.24, 2.45) is 0 Å². The van der Waals surface area contributed by atoms with Crippen LogP contribution in [0.3, 0.4) is 0 Å². The molecule has 1 heterocycles. The van der Waals surface area contributed by atoms with Crippen LogP contribution in [0.2, 0.25) is 0 Å². The Bertz CT molecular complexity index is 607. The van der Waals surface area contributed by atoms with Crippen LogP contribution in [0, 0.1) is 13.8 Å². The van der Waals surface area contributed by atoms with E-state index >= 15 is 0 Å². The van der Waals surface area contributed by atoms with Crippen LogP contribution in [0.5, 0.6) is 0 Å². The van der Waals surface area contributed by atoms with E-state index in [9.17, 15) is 4.79 Å². The van der Waals surface area contributed by atoms with Crippen LogP contribution in [0.15, 0.2) is 22.7 Å². The molecular weight excluding hydrogens is 256 g/mol. The summed E-state index contributed by atoms with van der Waals surface area (Å²) in [6, 6.07) is 5.45. The second kappa shape index (κ2) is 6.18. The normalized spacial score (nSPS) is 10.5. The van der Waals surface area contributed by atoms with Gasteiger partial charge in [-0.1, -0.05) is 11.2 Å². The summed E-state index contributed by atoms with van der Waals surface area (Å²) < 4.78 is 4.99. The zero-order valence-corrected chi connectivity index (χ0v) is 11.6. The smallest absolute Gasteiger partial charge is 0.226 e. The van der Waals surface area contributed by atoms with Gasteiger partial charge in [0.05, 0.1) is 0 Å². The quantitative estimate of drug-likeness (QED) is 0.815. The molecule has 106 valence electrons. The lowest BCUT2D eigenvalue weighted by molar-refractivity contribution is -0.116. The molecule has 0 aliphatic rings. The number of nitrogens with zero attached hydrogens (tertiary/aromatic N) is 2. The van der Waals surface area contributed by atoms with Gasteiger partial charge in [0.1, 0.15) is 0 Å². The summed E-state index contributed by atoms with van der Waals surface area (Å²) in [5, 5.41) is 6.56. The maximum absolute atomic E-state index is 11.9. The van der Waals surface area contributed by atoms with E-state index in [-0.39, 0.29) is 5.91 Å². The van der Waals surface area contributed by atoms with Gasteiger partial charge in [0.2, 0.25) is 11.8 Å². The molecule has 0 radical (unpaired) electrons. The number of hydrogen-bond acceptors (Lipinski definition) is 5. The topological polar surface area (TPSA) is 94.0 Å². The average Bonchev–Trinajstić information content (AvgIpc) is 2.80. The van der Waals surface area contributed by atoms with Crippen LogP contribution in [0.4, 0.5) is 11.4 Å². The maximum atomic E-state index is 11.9. The van der Waals surface area contributed by atoms with Crippen LogP contribution < -0.4 is 11.1 Å². The van der Waals surface area contributed by atoms with Gasteiger partial charge in [-0.05, 0) is 38.0 Å².